The second kappa shape index (κ2) is 5.83. The fourth-order valence-corrected chi connectivity index (χ4v) is 5.09. The average Bonchev–Trinajstić information content (AvgIpc) is 3.05. The quantitative estimate of drug-likeness (QED) is 0.587. The highest BCUT2D eigenvalue weighted by Crippen LogP contribution is 2.51. The molecule has 1 atom stereocenters. The molecule has 4 rings (SSSR count). The summed E-state index contributed by atoms with van der Waals surface area (Å²) in [6, 6.07) is 19.7. The number of Topliss-reactive ketones (excluding diaryl/α,β-unsaturated/α-hetero) is 1. The maximum Gasteiger partial charge on any atom is 0.200 e. The number of para-hydroxylation sites is 1. The van der Waals surface area contributed by atoms with Gasteiger partial charge in [0.15, 0.2) is 5.78 Å². The summed E-state index contributed by atoms with van der Waals surface area (Å²) in [4.78, 5) is 14.6. The van der Waals surface area contributed by atoms with Gasteiger partial charge in [0.1, 0.15) is 4.75 Å². The number of aromatic nitrogens is 1. The number of hydrogen-bond acceptors (Lipinski definition) is 2. The summed E-state index contributed by atoms with van der Waals surface area (Å²) in [6.07, 6.45) is 2.62. The number of ketones is 1. The predicted octanol–water partition coefficient (Wildman–Crippen LogP) is 5.72. The SMILES string of the molecule is CC[C@]1(c2ccccc2)Sc2cccc(Cl)c2-n2cccc2C1=O. The number of carbonyl (C=O) groups excluding carboxylic acids is 1. The molecule has 0 spiro atoms. The molecule has 0 bridgehead atoms. The van der Waals surface area contributed by atoms with Crippen molar-refractivity contribution in [2.24, 2.45) is 0 Å². The van der Waals surface area contributed by atoms with Crippen molar-refractivity contribution in [2.75, 3.05) is 0 Å². The fraction of sp³-hybridized carbons (Fsp3) is 0.150. The van der Waals surface area contributed by atoms with Gasteiger partial charge in [0, 0.05) is 11.1 Å². The number of fused-ring (bicyclic) bond motifs is 3. The maximum absolute atomic E-state index is 13.5. The van der Waals surface area contributed by atoms with E-state index in [9.17, 15) is 4.79 Å². The Labute approximate surface area is 150 Å². The summed E-state index contributed by atoms with van der Waals surface area (Å²) in [5.41, 5.74) is 2.60. The Balaban J connectivity index is 2.05. The Morgan fingerprint density at radius 2 is 1.83 bits per heavy atom. The summed E-state index contributed by atoms with van der Waals surface area (Å²) < 4.78 is 1.28. The van der Waals surface area contributed by atoms with Crippen LogP contribution in [-0.4, -0.2) is 10.4 Å². The molecule has 120 valence electrons. The Morgan fingerprint density at radius 1 is 1.04 bits per heavy atom. The molecule has 1 aliphatic heterocycles. The van der Waals surface area contributed by atoms with Crippen molar-refractivity contribution >= 4 is 29.1 Å². The second-order valence-corrected chi connectivity index (χ2v) is 7.58. The van der Waals surface area contributed by atoms with Gasteiger partial charge in [-0.05, 0) is 36.2 Å². The first-order valence-electron chi connectivity index (χ1n) is 7.93. The Morgan fingerprint density at radius 3 is 2.58 bits per heavy atom. The van der Waals surface area contributed by atoms with Gasteiger partial charge in [-0.2, -0.15) is 0 Å². The van der Waals surface area contributed by atoms with Gasteiger partial charge >= 0.3 is 0 Å². The summed E-state index contributed by atoms with van der Waals surface area (Å²) >= 11 is 8.09. The van der Waals surface area contributed by atoms with Gasteiger partial charge in [-0.15, -0.1) is 11.8 Å². The van der Waals surface area contributed by atoms with Crippen LogP contribution >= 0.6 is 23.4 Å². The smallest absolute Gasteiger partial charge is 0.200 e. The van der Waals surface area contributed by atoms with E-state index < -0.39 is 4.75 Å². The molecule has 0 N–H and O–H groups in total. The maximum atomic E-state index is 13.5. The first kappa shape index (κ1) is 15.6. The van der Waals surface area contributed by atoms with Crippen LogP contribution in [0, 0.1) is 0 Å². The largest absolute Gasteiger partial charge is 0.311 e. The normalized spacial score (nSPS) is 19.5. The van der Waals surface area contributed by atoms with Crippen LogP contribution in [0.5, 0.6) is 0 Å². The van der Waals surface area contributed by atoms with Crippen LogP contribution in [0.4, 0.5) is 0 Å². The van der Waals surface area contributed by atoms with Gasteiger partial charge in [-0.1, -0.05) is 54.9 Å². The van der Waals surface area contributed by atoms with Crippen molar-refractivity contribution < 1.29 is 4.79 Å². The Hall–Kier alpha value is -1.97. The fourth-order valence-electron chi connectivity index (χ4n) is 3.35. The summed E-state index contributed by atoms with van der Waals surface area (Å²) in [5.74, 6) is 0.124. The van der Waals surface area contributed by atoms with Gasteiger partial charge in [0.25, 0.3) is 0 Å². The lowest BCUT2D eigenvalue weighted by Gasteiger charge is -2.29. The molecule has 0 aliphatic carbocycles. The van der Waals surface area contributed by atoms with Crippen LogP contribution in [0.25, 0.3) is 5.69 Å². The van der Waals surface area contributed by atoms with E-state index in [0.717, 1.165) is 16.1 Å². The number of carbonyl (C=O) groups is 1. The molecule has 4 heteroatoms. The zero-order valence-corrected chi connectivity index (χ0v) is 14.8. The van der Waals surface area contributed by atoms with Crippen molar-refractivity contribution in [3.8, 4) is 5.69 Å². The van der Waals surface area contributed by atoms with Crippen LogP contribution in [0.1, 0.15) is 29.4 Å². The molecule has 1 aromatic heterocycles. The van der Waals surface area contributed by atoms with E-state index in [4.69, 9.17) is 11.6 Å². The van der Waals surface area contributed by atoms with Crippen LogP contribution in [0.15, 0.2) is 71.8 Å². The van der Waals surface area contributed by atoms with E-state index in [0.29, 0.717) is 17.1 Å². The molecule has 24 heavy (non-hydrogen) atoms. The van der Waals surface area contributed by atoms with Gasteiger partial charge in [-0.25, -0.2) is 0 Å². The van der Waals surface area contributed by atoms with E-state index in [2.05, 4.69) is 6.92 Å². The number of nitrogens with zero attached hydrogens (tertiary/aromatic N) is 1. The highest BCUT2D eigenvalue weighted by Gasteiger charge is 2.44. The minimum absolute atomic E-state index is 0.124. The van der Waals surface area contributed by atoms with Crippen molar-refractivity contribution in [3.63, 3.8) is 0 Å². The van der Waals surface area contributed by atoms with Crippen molar-refractivity contribution in [1.29, 1.82) is 0 Å². The molecule has 0 saturated carbocycles. The molecule has 2 aromatic carbocycles. The Bertz CT molecular complexity index is 918. The molecule has 0 radical (unpaired) electrons. The number of thioether (sulfide) groups is 1. The second-order valence-electron chi connectivity index (χ2n) is 5.83. The molecular formula is C20H16ClNOS. The first-order chi connectivity index (χ1) is 11.7. The average molecular weight is 354 g/mol. The molecule has 2 heterocycles. The molecule has 0 unspecified atom stereocenters. The Kier molecular flexibility index (Phi) is 3.78. The van der Waals surface area contributed by atoms with Gasteiger partial charge in [-0.3, -0.25) is 4.79 Å². The van der Waals surface area contributed by atoms with E-state index >= 15 is 0 Å². The highest BCUT2D eigenvalue weighted by molar-refractivity contribution is 8.01. The molecule has 0 fully saturated rings. The topological polar surface area (TPSA) is 22.0 Å². The highest BCUT2D eigenvalue weighted by atomic mass is 35.5. The molecule has 1 aliphatic rings. The molecule has 3 aromatic rings. The third-order valence-electron chi connectivity index (χ3n) is 4.56. The summed E-state index contributed by atoms with van der Waals surface area (Å²) in [6.45, 7) is 2.07. The summed E-state index contributed by atoms with van der Waals surface area (Å²) in [5, 5.41) is 0.658. The van der Waals surface area contributed by atoms with Crippen molar-refractivity contribution in [1.82, 2.24) is 4.57 Å². The zero-order valence-electron chi connectivity index (χ0n) is 13.2. The van der Waals surface area contributed by atoms with Crippen LogP contribution < -0.4 is 0 Å². The number of hydrogen-bond donors (Lipinski definition) is 0. The number of rotatable bonds is 2. The minimum atomic E-state index is -0.646. The van der Waals surface area contributed by atoms with Gasteiger partial charge < -0.3 is 4.57 Å². The number of benzene rings is 2. The van der Waals surface area contributed by atoms with Crippen LogP contribution in [0.2, 0.25) is 5.02 Å². The lowest BCUT2D eigenvalue weighted by molar-refractivity contribution is 0.0933. The van der Waals surface area contributed by atoms with Crippen molar-refractivity contribution in [2.45, 2.75) is 23.0 Å². The van der Waals surface area contributed by atoms with Crippen molar-refractivity contribution in [3.05, 3.63) is 83.1 Å². The number of halogens is 1. The lowest BCUT2D eigenvalue weighted by atomic mass is 9.89. The van der Waals surface area contributed by atoms with Gasteiger partial charge in [0.2, 0.25) is 0 Å². The zero-order chi connectivity index (χ0) is 16.7. The summed E-state index contributed by atoms with van der Waals surface area (Å²) in [7, 11) is 0. The third kappa shape index (κ3) is 2.15. The van der Waals surface area contributed by atoms with E-state index in [1.54, 1.807) is 11.8 Å². The van der Waals surface area contributed by atoms with E-state index in [1.165, 1.54) is 0 Å². The van der Waals surface area contributed by atoms with Crippen LogP contribution in [-0.2, 0) is 4.75 Å². The van der Waals surface area contributed by atoms with E-state index in [1.807, 2.05) is 71.4 Å². The van der Waals surface area contributed by atoms with Gasteiger partial charge in [0.05, 0.1) is 16.4 Å². The predicted molar refractivity (Wildman–Crippen MR) is 99.4 cm³/mol. The first-order valence-corrected chi connectivity index (χ1v) is 9.12. The molecule has 2 nitrogen and oxygen atoms in total. The molecule has 0 saturated heterocycles. The standard InChI is InChI=1S/C20H16ClNOS/c1-2-20(14-8-4-3-5-9-14)19(23)16-11-7-13-22(16)18-15(21)10-6-12-17(18)24-20/h3-13H,2H2,1H3/t20-/m1/s1. The molecular weight excluding hydrogens is 338 g/mol. The lowest BCUT2D eigenvalue weighted by Crippen LogP contribution is -2.32. The third-order valence-corrected chi connectivity index (χ3v) is 6.47. The monoisotopic (exact) mass is 353 g/mol. The van der Waals surface area contributed by atoms with Crippen LogP contribution in [0.3, 0.4) is 0 Å². The van der Waals surface area contributed by atoms with E-state index in [-0.39, 0.29) is 5.78 Å². The molecule has 0 amide bonds. The minimum Gasteiger partial charge on any atom is -0.311 e.